The summed E-state index contributed by atoms with van der Waals surface area (Å²) in [6.45, 7) is 3.94. The summed E-state index contributed by atoms with van der Waals surface area (Å²) in [4.78, 5) is 32.1. The van der Waals surface area contributed by atoms with Gasteiger partial charge in [-0.2, -0.15) is 0 Å². The topological polar surface area (TPSA) is 77.2 Å². The molecular formula is C22H24ClN3O4. The van der Waals surface area contributed by atoms with Crippen molar-refractivity contribution >= 4 is 23.4 Å². The van der Waals surface area contributed by atoms with Gasteiger partial charge >= 0.3 is 0 Å². The third kappa shape index (κ3) is 3.08. The highest BCUT2D eigenvalue weighted by atomic mass is 35.5. The summed E-state index contributed by atoms with van der Waals surface area (Å²) in [5, 5.41) is 11.0. The Morgan fingerprint density at radius 1 is 1.17 bits per heavy atom. The number of rotatable bonds is 4. The number of likely N-dealkylation sites (tertiary alicyclic amines) is 1. The minimum atomic E-state index is -0.793. The van der Waals surface area contributed by atoms with E-state index >= 15 is 0 Å². The van der Waals surface area contributed by atoms with E-state index in [1.54, 1.807) is 6.07 Å². The number of piperazine rings is 1. The Morgan fingerprint density at radius 2 is 1.93 bits per heavy atom. The molecule has 8 heteroatoms. The van der Waals surface area contributed by atoms with Crippen molar-refractivity contribution in [2.24, 2.45) is 0 Å². The highest BCUT2D eigenvalue weighted by molar-refractivity contribution is 6.31. The van der Waals surface area contributed by atoms with Crippen LogP contribution in [-0.2, 0) is 22.7 Å². The molecule has 3 aliphatic heterocycles. The summed E-state index contributed by atoms with van der Waals surface area (Å²) in [5.74, 6) is 0.871. The van der Waals surface area contributed by atoms with Crippen LogP contribution in [0.25, 0.3) is 0 Å². The lowest BCUT2D eigenvalue weighted by atomic mass is 9.82. The molecule has 2 aromatic rings. The van der Waals surface area contributed by atoms with Crippen LogP contribution in [0.4, 0.5) is 0 Å². The van der Waals surface area contributed by atoms with E-state index in [-0.39, 0.29) is 18.4 Å². The number of halogens is 1. The van der Waals surface area contributed by atoms with Crippen LogP contribution >= 0.6 is 11.6 Å². The summed E-state index contributed by atoms with van der Waals surface area (Å²) in [6.07, 6.45) is -0.251. The molecular weight excluding hydrogens is 406 g/mol. The molecule has 158 valence electrons. The van der Waals surface area contributed by atoms with E-state index < -0.39 is 17.7 Å². The average molecular weight is 430 g/mol. The van der Waals surface area contributed by atoms with Gasteiger partial charge in [0, 0.05) is 31.2 Å². The summed E-state index contributed by atoms with van der Waals surface area (Å²) >= 11 is 6.30. The molecule has 0 unspecified atom stereocenters. The standard InChI is InChI=1S/C22H24ClN3O4/c1-14-6-7-17(30-14)11-25-20(28)19-8-16(27)10-26(19)22(21(25)29)12-24(13-22)9-15-4-2-3-5-18(15)23/h2-7,16,19,27H,8-13H2,1H3/t16-,19+/m1/s1. The van der Waals surface area contributed by atoms with Gasteiger partial charge in [-0.25, -0.2) is 0 Å². The van der Waals surface area contributed by atoms with Crippen molar-refractivity contribution in [2.75, 3.05) is 19.6 Å². The number of aliphatic hydroxyl groups is 1. The Kier molecular flexibility index (Phi) is 4.74. The molecule has 2 atom stereocenters. The van der Waals surface area contributed by atoms with Crippen molar-refractivity contribution in [2.45, 2.75) is 44.1 Å². The highest BCUT2D eigenvalue weighted by Crippen LogP contribution is 2.41. The van der Waals surface area contributed by atoms with E-state index in [4.69, 9.17) is 16.0 Å². The summed E-state index contributed by atoms with van der Waals surface area (Å²) in [5.41, 5.74) is 0.216. The van der Waals surface area contributed by atoms with E-state index in [1.807, 2.05) is 42.2 Å². The molecule has 30 heavy (non-hydrogen) atoms. The van der Waals surface area contributed by atoms with Crippen molar-refractivity contribution < 1.29 is 19.1 Å². The van der Waals surface area contributed by atoms with Crippen molar-refractivity contribution in [3.63, 3.8) is 0 Å². The Morgan fingerprint density at radius 3 is 2.63 bits per heavy atom. The monoisotopic (exact) mass is 429 g/mol. The summed E-state index contributed by atoms with van der Waals surface area (Å²) in [6, 6.07) is 10.8. The number of furan rings is 1. The predicted molar refractivity (Wildman–Crippen MR) is 110 cm³/mol. The molecule has 5 rings (SSSR count). The molecule has 1 spiro atoms. The van der Waals surface area contributed by atoms with Gasteiger partial charge in [0.1, 0.15) is 17.1 Å². The number of hydrogen-bond acceptors (Lipinski definition) is 6. The van der Waals surface area contributed by atoms with Crippen molar-refractivity contribution in [3.05, 3.63) is 58.5 Å². The van der Waals surface area contributed by atoms with Gasteiger partial charge in [-0.1, -0.05) is 29.8 Å². The fraction of sp³-hybridized carbons (Fsp3) is 0.455. The van der Waals surface area contributed by atoms with Crippen LogP contribution in [0.15, 0.2) is 40.8 Å². The van der Waals surface area contributed by atoms with Gasteiger partial charge in [0.25, 0.3) is 5.91 Å². The number of carbonyl (C=O) groups excluding carboxylic acids is 2. The number of imide groups is 1. The highest BCUT2D eigenvalue weighted by Gasteiger charge is 2.64. The molecule has 0 radical (unpaired) electrons. The average Bonchev–Trinajstić information content (AvgIpc) is 3.27. The number of hydrogen-bond donors (Lipinski definition) is 1. The number of carbonyl (C=O) groups is 2. The summed E-state index contributed by atoms with van der Waals surface area (Å²) < 4.78 is 5.61. The lowest BCUT2D eigenvalue weighted by Crippen LogP contribution is -2.81. The molecule has 7 nitrogen and oxygen atoms in total. The Balaban J connectivity index is 1.40. The van der Waals surface area contributed by atoms with Gasteiger partial charge in [0.05, 0.1) is 18.7 Å². The lowest BCUT2D eigenvalue weighted by Gasteiger charge is -2.58. The van der Waals surface area contributed by atoms with E-state index in [0.29, 0.717) is 43.4 Å². The number of β-amino-alcohol motifs (C(OH)–C–C–N with tert-alkyl or cyclic N) is 1. The number of benzene rings is 1. The van der Waals surface area contributed by atoms with Gasteiger partial charge in [-0.05, 0) is 37.1 Å². The van der Waals surface area contributed by atoms with E-state index in [2.05, 4.69) is 4.90 Å². The second-order valence-corrected chi connectivity index (χ2v) is 8.97. The van der Waals surface area contributed by atoms with Crippen LogP contribution in [0, 0.1) is 6.92 Å². The Labute approximate surface area is 179 Å². The van der Waals surface area contributed by atoms with Crippen molar-refractivity contribution in [1.29, 1.82) is 0 Å². The number of amides is 2. The van der Waals surface area contributed by atoms with Crippen LogP contribution in [0.1, 0.15) is 23.5 Å². The maximum atomic E-state index is 13.6. The normalized spacial score (nSPS) is 26.3. The zero-order valence-electron chi connectivity index (χ0n) is 16.8. The first-order chi connectivity index (χ1) is 14.4. The maximum Gasteiger partial charge on any atom is 0.252 e. The van der Waals surface area contributed by atoms with Gasteiger partial charge in [0.2, 0.25) is 5.91 Å². The van der Waals surface area contributed by atoms with E-state index in [0.717, 1.165) is 11.3 Å². The molecule has 3 saturated heterocycles. The zero-order chi connectivity index (χ0) is 21.0. The fourth-order valence-electron chi connectivity index (χ4n) is 5.04. The molecule has 3 fully saturated rings. The van der Waals surface area contributed by atoms with Crippen LogP contribution in [0.3, 0.4) is 0 Å². The quantitative estimate of drug-likeness (QED) is 0.747. The molecule has 3 aliphatic rings. The molecule has 0 bridgehead atoms. The third-order valence-corrected chi connectivity index (χ3v) is 6.82. The molecule has 1 N–H and O–H groups in total. The van der Waals surface area contributed by atoms with Gasteiger partial charge in [-0.3, -0.25) is 24.3 Å². The molecule has 0 aliphatic carbocycles. The molecule has 1 aromatic carbocycles. The number of aryl methyl sites for hydroxylation is 1. The minimum Gasteiger partial charge on any atom is -0.464 e. The third-order valence-electron chi connectivity index (χ3n) is 6.46. The lowest BCUT2D eigenvalue weighted by molar-refractivity contribution is -0.181. The molecule has 2 amide bonds. The van der Waals surface area contributed by atoms with E-state index in [1.165, 1.54) is 4.90 Å². The maximum absolute atomic E-state index is 13.6. The second-order valence-electron chi connectivity index (χ2n) is 8.57. The Hall–Kier alpha value is -2.19. The molecule has 4 heterocycles. The second kappa shape index (κ2) is 7.20. The first-order valence-corrected chi connectivity index (χ1v) is 10.6. The molecule has 0 saturated carbocycles. The van der Waals surface area contributed by atoms with Crippen LogP contribution in [0.2, 0.25) is 5.02 Å². The smallest absolute Gasteiger partial charge is 0.252 e. The van der Waals surface area contributed by atoms with Gasteiger partial charge in [-0.15, -0.1) is 0 Å². The summed E-state index contributed by atoms with van der Waals surface area (Å²) in [7, 11) is 0. The number of fused-ring (bicyclic) bond motifs is 2. The first-order valence-electron chi connectivity index (χ1n) is 10.2. The fourth-order valence-corrected chi connectivity index (χ4v) is 5.24. The predicted octanol–water partition coefficient (Wildman–Crippen LogP) is 1.80. The number of aliphatic hydroxyl groups excluding tert-OH is 1. The largest absolute Gasteiger partial charge is 0.464 e. The van der Waals surface area contributed by atoms with Gasteiger partial charge in [0.15, 0.2) is 0 Å². The molecule has 1 aromatic heterocycles. The van der Waals surface area contributed by atoms with Crippen molar-refractivity contribution in [1.82, 2.24) is 14.7 Å². The van der Waals surface area contributed by atoms with Crippen molar-refractivity contribution in [3.8, 4) is 0 Å². The zero-order valence-corrected chi connectivity index (χ0v) is 17.5. The van der Waals surface area contributed by atoms with E-state index in [9.17, 15) is 14.7 Å². The van der Waals surface area contributed by atoms with Crippen LogP contribution in [-0.4, -0.2) is 68.9 Å². The minimum absolute atomic E-state index is 0.123. The Bertz CT molecular complexity index is 1000. The van der Waals surface area contributed by atoms with Gasteiger partial charge < -0.3 is 9.52 Å². The van der Waals surface area contributed by atoms with Crippen LogP contribution < -0.4 is 0 Å². The number of nitrogens with zero attached hydrogens (tertiary/aromatic N) is 3. The first kappa shape index (κ1) is 19.8. The van der Waals surface area contributed by atoms with Crippen LogP contribution in [0.5, 0.6) is 0 Å². The SMILES string of the molecule is Cc1ccc(CN2C(=O)[C@@H]3C[C@@H](O)CN3C3(CN(Cc4ccccc4Cl)C3)C2=O)o1.